The van der Waals surface area contributed by atoms with E-state index in [4.69, 9.17) is 17.3 Å². The van der Waals surface area contributed by atoms with E-state index in [1.807, 2.05) is 0 Å². The van der Waals surface area contributed by atoms with Crippen molar-refractivity contribution in [2.24, 2.45) is 0 Å². The fourth-order valence-electron chi connectivity index (χ4n) is 1.60. The third-order valence-electron chi connectivity index (χ3n) is 2.53. The standard InChI is InChI=1S/C12H10ClF2N3O2S/c1-6-2-9(12(13)17-5-6)18-21(19,20)10-4-7(16)3-8(14)11(10)15/h2-5,18H,16H2,1H3. The summed E-state index contributed by atoms with van der Waals surface area (Å²) in [5, 5.41) is -0.117. The molecule has 112 valence electrons. The number of hydrogen-bond donors (Lipinski definition) is 2. The number of sulfonamides is 1. The van der Waals surface area contributed by atoms with Crippen LogP contribution in [0.4, 0.5) is 20.2 Å². The molecule has 0 aliphatic heterocycles. The molecule has 0 saturated carbocycles. The minimum Gasteiger partial charge on any atom is -0.399 e. The normalized spacial score (nSPS) is 11.4. The Labute approximate surface area is 124 Å². The van der Waals surface area contributed by atoms with Crippen LogP contribution in [0, 0.1) is 18.6 Å². The molecule has 2 rings (SSSR count). The van der Waals surface area contributed by atoms with Crippen molar-refractivity contribution in [3.8, 4) is 0 Å². The lowest BCUT2D eigenvalue weighted by Gasteiger charge is -2.11. The fourth-order valence-corrected chi connectivity index (χ4v) is 2.99. The molecule has 5 nitrogen and oxygen atoms in total. The predicted octanol–water partition coefficient (Wildman–Crippen LogP) is 2.70. The molecular formula is C12H10ClF2N3O2S. The van der Waals surface area contributed by atoms with E-state index >= 15 is 0 Å². The van der Waals surface area contributed by atoms with E-state index in [0.717, 1.165) is 6.07 Å². The second kappa shape index (κ2) is 5.45. The Morgan fingerprint density at radius 1 is 1.29 bits per heavy atom. The van der Waals surface area contributed by atoms with Crippen LogP contribution in [0.5, 0.6) is 0 Å². The molecule has 9 heteroatoms. The van der Waals surface area contributed by atoms with Crippen LogP contribution in [-0.4, -0.2) is 13.4 Å². The largest absolute Gasteiger partial charge is 0.399 e. The molecule has 1 aromatic carbocycles. The second-order valence-electron chi connectivity index (χ2n) is 4.27. The molecule has 0 saturated heterocycles. The van der Waals surface area contributed by atoms with Crippen molar-refractivity contribution in [2.75, 3.05) is 10.5 Å². The zero-order valence-electron chi connectivity index (χ0n) is 10.7. The van der Waals surface area contributed by atoms with Crippen LogP contribution in [0.25, 0.3) is 0 Å². The highest BCUT2D eigenvalue weighted by atomic mass is 35.5. The average molecular weight is 334 g/mol. The number of benzene rings is 1. The van der Waals surface area contributed by atoms with Crippen LogP contribution < -0.4 is 10.5 Å². The quantitative estimate of drug-likeness (QED) is 0.668. The van der Waals surface area contributed by atoms with Gasteiger partial charge in [0.2, 0.25) is 0 Å². The number of nitrogens with one attached hydrogen (secondary N) is 1. The second-order valence-corrected chi connectivity index (χ2v) is 6.28. The zero-order valence-corrected chi connectivity index (χ0v) is 12.3. The monoisotopic (exact) mass is 333 g/mol. The van der Waals surface area contributed by atoms with E-state index in [0.29, 0.717) is 11.6 Å². The number of anilines is 2. The molecule has 2 aromatic rings. The van der Waals surface area contributed by atoms with Gasteiger partial charge in [-0.3, -0.25) is 4.72 Å². The summed E-state index contributed by atoms with van der Waals surface area (Å²) in [7, 11) is -4.40. The molecule has 0 amide bonds. The van der Waals surface area contributed by atoms with Gasteiger partial charge in [-0.1, -0.05) is 11.6 Å². The molecule has 0 aliphatic carbocycles. The van der Waals surface area contributed by atoms with Crippen molar-refractivity contribution < 1.29 is 17.2 Å². The van der Waals surface area contributed by atoms with Crippen LogP contribution in [0.2, 0.25) is 5.15 Å². The molecule has 1 aromatic heterocycles. The summed E-state index contributed by atoms with van der Waals surface area (Å²) in [5.41, 5.74) is 5.71. The van der Waals surface area contributed by atoms with E-state index < -0.39 is 26.6 Å². The topological polar surface area (TPSA) is 85.1 Å². The van der Waals surface area contributed by atoms with Gasteiger partial charge in [0, 0.05) is 11.9 Å². The van der Waals surface area contributed by atoms with Gasteiger partial charge in [-0.05, 0) is 30.7 Å². The lowest BCUT2D eigenvalue weighted by molar-refractivity contribution is 0.486. The Balaban J connectivity index is 2.51. The summed E-state index contributed by atoms with van der Waals surface area (Å²) in [6, 6.07) is 2.92. The van der Waals surface area contributed by atoms with Gasteiger partial charge in [-0.25, -0.2) is 22.2 Å². The molecule has 0 atom stereocenters. The molecule has 21 heavy (non-hydrogen) atoms. The Morgan fingerprint density at radius 2 is 1.95 bits per heavy atom. The van der Waals surface area contributed by atoms with Crippen molar-refractivity contribution in [3.63, 3.8) is 0 Å². The van der Waals surface area contributed by atoms with E-state index in [-0.39, 0.29) is 16.5 Å². The van der Waals surface area contributed by atoms with Crippen LogP contribution in [0.1, 0.15) is 5.56 Å². The van der Waals surface area contributed by atoms with Crippen LogP contribution in [0.3, 0.4) is 0 Å². The first kappa shape index (κ1) is 15.5. The van der Waals surface area contributed by atoms with E-state index in [1.54, 1.807) is 6.92 Å². The zero-order chi connectivity index (χ0) is 15.8. The Bertz CT molecular complexity index is 812. The minimum absolute atomic E-state index is 0.0427. The smallest absolute Gasteiger partial charge is 0.265 e. The molecule has 0 fully saturated rings. The number of halogens is 3. The van der Waals surface area contributed by atoms with Crippen molar-refractivity contribution in [2.45, 2.75) is 11.8 Å². The molecule has 1 heterocycles. The van der Waals surface area contributed by atoms with Crippen molar-refractivity contribution in [1.82, 2.24) is 4.98 Å². The SMILES string of the molecule is Cc1cnc(Cl)c(NS(=O)(=O)c2cc(N)cc(F)c2F)c1. The Hall–Kier alpha value is -1.93. The average Bonchev–Trinajstić information content (AvgIpc) is 2.37. The number of nitrogens with two attached hydrogens (primary N) is 1. The molecule has 0 spiro atoms. The van der Waals surface area contributed by atoms with Crippen LogP contribution in [0.15, 0.2) is 29.3 Å². The van der Waals surface area contributed by atoms with Crippen molar-refractivity contribution >= 4 is 33.0 Å². The number of nitrogen functional groups attached to an aromatic ring is 1. The lowest BCUT2D eigenvalue weighted by Crippen LogP contribution is -2.16. The van der Waals surface area contributed by atoms with Gasteiger partial charge < -0.3 is 5.73 Å². The van der Waals surface area contributed by atoms with Gasteiger partial charge in [0.1, 0.15) is 4.90 Å². The van der Waals surface area contributed by atoms with Gasteiger partial charge in [0.25, 0.3) is 10.0 Å². The number of aromatic nitrogens is 1. The van der Waals surface area contributed by atoms with Gasteiger partial charge in [0.15, 0.2) is 16.8 Å². The minimum atomic E-state index is -4.40. The maximum atomic E-state index is 13.7. The van der Waals surface area contributed by atoms with Gasteiger partial charge >= 0.3 is 0 Å². The molecule has 0 bridgehead atoms. The van der Waals surface area contributed by atoms with Crippen LogP contribution >= 0.6 is 11.6 Å². The van der Waals surface area contributed by atoms with Crippen molar-refractivity contribution in [3.05, 3.63) is 46.7 Å². The molecular weight excluding hydrogens is 324 g/mol. The number of rotatable bonds is 3. The predicted molar refractivity (Wildman–Crippen MR) is 75.6 cm³/mol. The molecule has 3 N–H and O–H groups in total. The highest BCUT2D eigenvalue weighted by molar-refractivity contribution is 7.92. The highest BCUT2D eigenvalue weighted by Crippen LogP contribution is 2.26. The van der Waals surface area contributed by atoms with Gasteiger partial charge in [-0.15, -0.1) is 0 Å². The summed E-state index contributed by atoms with van der Waals surface area (Å²) < 4.78 is 53.2. The Morgan fingerprint density at radius 3 is 2.62 bits per heavy atom. The Kier molecular flexibility index (Phi) is 4.02. The van der Waals surface area contributed by atoms with E-state index in [1.165, 1.54) is 12.3 Å². The summed E-state index contributed by atoms with van der Waals surface area (Å²) in [5.74, 6) is -2.88. The number of pyridine rings is 1. The van der Waals surface area contributed by atoms with E-state index in [9.17, 15) is 17.2 Å². The van der Waals surface area contributed by atoms with Crippen LogP contribution in [-0.2, 0) is 10.0 Å². The number of hydrogen-bond acceptors (Lipinski definition) is 4. The summed E-state index contributed by atoms with van der Waals surface area (Å²) in [4.78, 5) is 2.85. The molecule has 0 aliphatic rings. The van der Waals surface area contributed by atoms with Crippen molar-refractivity contribution in [1.29, 1.82) is 0 Å². The maximum absolute atomic E-state index is 13.7. The summed E-state index contributed by atoms with van der Waals surface area (Å²) >= 11 is 5.76. The first-order valence-corrected chi connectivity index (χ1v) is 7.46. The summed E-state index contributed by atoms with van der Waals surface area (Å²) in [6.07, 6.45) is 1.43. The highest BCUT2D eigenvalue weighted by Gasteiger charge is 2.24. The third-order valence-corrected chi connectivity index (χ3v) is 4.19. The number of aryl methyl sites for hydroxylation is 1. The first-order valence-electron chi connectivity index (χ1n) is 5.60. The molecule has 0 unspecified atom stereocenters. The first-order chi connectivity index (χ1) is 9.70. The molecule has 0 radical (unpaired) electrons. The fraction of sp³-hybridized carbons (Fsp3) is 0.0833. The maximum Gasteiger partial charge on any atom is 0.265 e. The summed E-state index contributed by atoms with van der Waals surface area (Å²) in [6.45, 7) is 1.67. The van der Waals surface area contributed by atoms with Gasteiger partial charge in [0.05, 0.1) is 5.69 Å². The van der Waals surface area contributed by atoms with Gasteiger partial charge in [-0.2, -0.15) is 0 Å². The van der Waals surface area contributed by atoms with E-state index in [2.05, 4.69) is 9.71 Å². The lowest BCUT2D eigenvalue weighted by atomic mass is 10.3. The number of nitrogens with zero attached hydrogens (tertiary/aromatic N) is 1. The third kappa shape index (κ3) is 3.22.